The highest BCUT2D eigenvalue weighted by Crippen LogP contribution is 2.42. The number of fused-ring (bicyclic) bond motifs is 1. The highest BCUT2D eigenvalue weighted by atomic mass is 79.9. The van der Waals surface area contributed by atoms with Gasteiger partial charge in [-0.25, -0.2) is 4.98 Å². The molecule has 126 valence electrons. The van der Waals surface area contributed by atoms with Crippen molar-refractivity contribution in [3.05, 3.63) is 75.7 Å². The van der Waals surface area contributed by atoms with Gasteiger partial charge < -0.3 is 0 Å². The number of para-hydroxylation sites is 1. The highest BCUT2D eigenvalue weighted by molar-refractivity contribution is 9.10. The van der Waals surface area contributed by atoms with E-state index in [4.69, 9.17) is 0 Å². The van der Waals surface area contributed by atoms with E-state index in [0.717, 1.165) is 28.1 Å². The normalized spacial score (nSPS) is 18.8. The third-order valence-electron chi connectivity index (χ3n) is 4.67. The van der Waals surface area contributed by atoms with E-state index in [9.17, 15) is 4.79 Å². The molecule has 1 aliphatic carbocycles. The van der Waals surface area contributed by atoms with Crippen LogP contribution in [0.1, 0.15) is 18.1 Å². The zero-order chi connectivity index (χ0) is 17.4. The maximum atomic E-state index is 13.6. The van der Waals surface area contributed by atoms with E-state index >= 15 is 0 Å². The molecule has 1 unspecified atom stereocenters. The predicted octanol–water partition coefficient (Wildman–Crippen LogP) is 5.38. The number of thiazole rings is 1. The molecule has 3 aromatic rings. The number of nitrogens with zero attached hydrogens (tertiary/aromatic N) is 2. The number of aromatic nitrogens is 1. The van der Waals surface area contributed by atoms with Crippen LogP contribution in [0.3, 0.4) is 0 Å². The van der Waals surface area contributed by atoms with Crippen molar-refractivity contribution in [2.24, 2.45) is 5.41 Å². The summed E-state index contributed by atoms with van der Waals surface area (Å²) in [6, 6.07) is 16.1. The topological polar surface area (TPSA) is 33.2 Å². The Labute approximate surface area is 159 Å². The zero-order valence-corrected chi connectivity index (χ0v) is 16.2. The van der Waals surface area contributed by atoms with Gasteiger partial charge in [0.15, 0.2) is 5.13 Å². The second-order valence-corrected chi connectivity index (χ2v) is 8.41. The number of hydrogen-bond acceptors (Lipinski definition) is 3. The van der Waals surface area contributed by atoms with Gasteiger partial charge in [-0.3, -0.25) is 9.69 Å². The molecular formula is C20H17BrN2OS. The monoisotopic (exact) mass is 412 g/mol. The summed E-state index contributed by atoms with van der Waals surface area (Å²) in [4.78, 5) is 19.8. The molecule has 0 saturated heterocycles. The third-order valence-corrected chi connectivity index (χ3v) is 5.92. The molecule has 0 aliphatic heterocycles. The van der Waals surface area contributed by atoms with Crippen molar-refractivity contribution in [3.63, 3.8) is 0 Å². The van der Waals surface area contributed by atoms with Crippen LogP contribution in [-0.4, -0.2) is 10.9 Å². The summed E-state index contributed by atoms with van der Waals surface area (Å²) in [7, 11) is 0. The summed E-state index contributed by atoms with van der Waals surface area (Å²) < 4.78 is 1.06. The predicted molar refractivity (Wildman–Crippen MR) is 105 cm³/mol. The van der Waals surface area contributed by atoms with Crippen LogP contribution < -0.4 is 4.90 Å². The number of halogens is 1. The minimum absolute atomic E-state index is 0.0981. The molecule has 1 aliphatic rings. The van der Waals surface area contributed by atoms with E-state index in [0.29, 0.717) is 0 Å². The number of carbonyl (C=O) groups is 1. The molecule has 5 heteroatoms. The molecule has 1 atom stereocenters. The van der Waals surface area contributed by atoms with Gasteiger partial charge in [-0.1, -0.05) is 47.1 Å². The first-order valence-corrected chi connectivity index (χ1v) is 9.80. The summed E-state index contributed by atoms with van der Waals surface area (Å²) >= 11 is 5.02. The number of hydrogen-bond donors (Lipinski definition) is 0. The standard InChI is InChI=1S/C20H17BrN2OS/c1-20(12-14-7-8-16(21)11-15(14)13-20)18(24)23(19-22-9-10-25-19)17-5-3-2-4-6-17/h2-11H,12-13H2,1H3. The molecule has 0 bridgehead atoms. The largest absolute Gasteiger partial charge is 0.273 e. The van der Waals surface area contributed by atoms with Crippen molar-refractivity contribution in [1.82, 2.24) is 4.98 Å². The van der Waals surface area contributed by atoms with Crippen LogP contribution in [0.4, 0.5) is 10.8 Å². The van der Waals surface area contributed by atoms with E-state index in [2.05, 4.69) is 40.0 Å². The van der Waals surface area contributed by atoms with Gasteiger partial charge in [-0.15, -0.1) is 11.3 Å². The Morgan fingerprint density at radius 1 is 1.16 bits per heavy atom. The SMILES string of the molecule is CC1(C(=O)N(c2ccccc2)c2nccs2)Cc2ccc(Br)cc2C1. The lowest BCUT2D eigenvalue weighted by molar-refractivity contribution is -0.126. The van der Waals surface area contributed by atoms with Crippen molar-refractivity contribution >= 4 is 44.0 Å². The molecule has 25 heavy (non-hydrogen) atoms. The average Bonchev–Trinajstić information content (AvgIpc) is 3.23. The summed E-state index contributed by atoms with van der Waals surface area (Å²) in [6.07, 6.45) is 3.24. The van der Waals surface area contributed by atoms with Crippen LogP contribution in [0.5, 0.6) is 0 Å². The Kier molecular flexibility index (Phi) is 4.21. The lowest BCUT2D eigenvalue weighted by Gasteiger charge is -2.30. The van der Waals surface area contributed by atoms with Crippen molar-refractivity contribution in [3.8, 4) is 0 Å². The fraction of sp³-hybridized carbons (Fsp3) is 0.200. The number of amides is 1. The molecule has 1 heterocycles. The summed E-state index contributed by atoms with van der Waals surface area (Å²) in [5.41, 5.74) is 2.90. The molecule has 2 aromatic carbocycles. The lowest BCUT2D eigenvalue weighted by atomic mass is 9.85. The van der Waals surface area contributed by atoms with E-state index in [-0.39, 0.29) is 5.91 Å². The molecule has 0 radical (unpaired) electrons. The van der Waals surface area contributed by atoms with Gasteiger partial charge in [0, 0.05) is 16.0 Å². The maximum absolute atomic E-state index is 13.6. The zero-order valence-electron chi connectivity index (χ0n) is 13.8. The molecule has 1 amide bonds. The van der Waals surface area contributed by atoms with Crippen molar-refractivity contribution in [1.29, 1.82) is 0 Å². The average molecular weight is 413 g/mol. The fourth-order valence-electron chi connectivity index (χ4n) is 3.47. The van der Waals surface area contributed by atoms with E-state index < -0.39 is 5.41 Å². The Morgan fingerprint density at radius 2 is 1.92 bits per heavy atom. The first-order valence-electron chi connectivity index (χ1n) is 8.13. The van der Waals surface area contributed by atoms with Gasteiger partial charge in [0.05, 0.1) is 11.1 Å². The van der Waals surface area contributed by atoms with Crippen LogP contribution in [0, 0.1) is 5.41 Å². The van der Waals surface area contributed by atoms with Crippen molar-refractivity contribution in [2.45, 2.75) is 19.8 Å². The van der Waals surface area contributed by atoms with E-state index in [1.165, 1.54) is 22.5 Å². The molecule has 3 nitrogen and oxygen atoms in total. The maximum Gasteiger partial charge on any atom is 0.239 e. The Hall–Kier alpha value is -1.98. The minimum atomic E-state index is -0.468. The molecule has 4 rings (SSSR count). The third kappa shape index (κ3) is 3.02. The highest BCUT2D eigenvalue weighted by Gasteiger charge is 2.43. The number of anilines is 2. The van der Waals surface area contributed by atoms with Crippen LogP contribution in [0.15, 0.2) is 64.6 Å². The van der Waals surface area contributed by atoms with E-state index in [1.807, 2.05) is 41.8 Å². The second kappa shape index (κ2) is 6.39. The molecule has 0 N–H and O–H groups in total. The molecule has 0 saturated carbocycles. The first kappa shape index (κ1) is 16.5. The molecule has 1 aromatic heterocycles. The smallest absolute Gasteiger partial charge is 0.239 e. The molecule has 0 spiro atoms. The Morgan fingerprint density at radius 3 is 2.64 bits per heavy atom. The number of rotatable bonds is 3. The number of benzene rings is 2. The molecule has 0 fully saturated rings. The van der Waals surface area contributed by atoms with Gasteiger partial charge in [0.25, 0.3) is 0 Å². The summed E-state index contributed by atoms with van der Waals surface area (Å²) in [6.45, 7) is 2.06. The van der Waals surface area contributed by atoms with Gasteiger partial charge >= 0.3 is 0 Å². The van der Waals surface area contributed by atoms with Crippen LogP contribution in [-0.2, 0) is 17.6 Å². The Bertz CT molecular complexity index is 911. The van der Waals surface area contributed by atoms with Crippen molar-refractivity contribution in [2.75, 3.05) is 4.90 Å². The van der Waals surface area contributed by atoms with Crippen LogP contribution >= 0.6 is 27.3 Å². The van der Waals surface area contributed by atoms with Crippen molar-refractivity contribution < 1.29 is 4.79 Å². The quantitative estimate of drug-likeness (QED) is 0.578. The van der Waals surface area contributed by atoms with Crippen LogP contribution in [0.2, 0.25) is 0 Å². The number of carbonyl (C=O) groups excluding carboxylic acids is 1. The minimum Gasteiger partial charge on any atom is -0.273 e. The fourth-order valence-corrected chi connectivity index (χ4v) is 4.54. The van der Waals surface area contributed by atoms with Gasteiger partial charge in [-0.05, 0) is 48.2 Å². The summed E-state index contributed by atoms with van der Waals surface area (Å²) in [5.74, 6) is 0.0981. The van der Waals surface area contributed by atoms with Gasteiger partial charge in [0.2, 0.25) is 5.91 Å². The van der Waals surface area contributed by atoms with Crippen LogP contribution in [0.25, 0.3) is 0 Å². The Balaban J connectivity index is 1.72. The lowest BCUT2D eigenvalue weighted by Crippen LogP contribution is -2.40. The van der Waals surface area contributed by atoms with Gasteiger partial charge in [-0.2, -0.15) is 0 Å². The summed E-state index contributed by atoms with van der Waals surface area (Å²) in [5, 5.41) is 2.62. The molecular weight excluding hydrogens is 396 g/mol. The van der Waals surface area contributed by atoms with Gasteiger partial charge in [0.1, 0.15) is 0 Å². The van der Waals surface area contributed by atoms with E-state index in [1.54, 1.807) is 11.1 Å². The first-order chi connectivity index (χ1) is 12.1. The second-order valence-electron chi connectivity index (χ2n) is 6.62.